The van der Waals surface area contributed by atoms with E-state index in [9.17, 15) is 4.79 Å². The van der Waals surface area contributed by atoms with Gasteiger partial charge >= 0.3 is 0 Å². The highest BCUT2D eigenvalue weighted by Gasteiger charge is 2.42. The summed E-state index contributed by atoms with van der Waals surface area (Å²) in [6.07, 6.45) is 2.46. The number of aryl methyl sites for hydroxylation is 1. The Labute approximate surface area is 135 Å². The molecule has 1 amide bonds. The molecule has 2 aromatic rings. The van der Waals surface area contributed by atoms with Crippen LogP contribution in [0.25, 0.3) is 10.9 Å². The van der Waals surface area contributed by atoms with Crippen molar-refractivity contribution in [2.75, 3.05) is 19.6 Å². The third-order valence-corrected chi connectivity index (χ3v) is 5.98. The lowest BCUT2D eigenvalue weighted by atomic mass is 9.82. The van der Waals surface area contributed by atoms with Crippen LogP contribution in [0.5, 0.6) is 0 Å². The van der Waals surface area contributed by atoms with Gasteiger partial charge in [0.2, 0.25) is 0 Å². The van der Waals surface area contributed by atoms with E-state index in [0.717, 1.165) is 35.2 Å². The van der Waals surface area contributed by atoms with Crippen LogP contribution in [0.3, 0.4) is 0 Å². The molecule has 0 unspecified atom stereocenters. The molecule has 1 atom stereocenters. The van der Waals surface area contributed by atoms with Crippen molar-refractivity contribution in [1.82, 2.24) is 19.6 Å². The second-order valence-corrected chi connectivity index (χ2v) is 7.10. The van der Waals surface area contributed by atoms with E-state index >= 15 is 0 Å². The largest absolute Gasteiger partial charge is 0.328 e. The van der Waals surface area contributed by atoms with E-state index in [1.54, 1.807) is 0 Å². The maximum Gasteiger partial charge on any atom is 0.255 e. The molecular weight excluding hydrogens is 288 g/mol. The lowest BCUT2D eigenvalue weighted by molar-refractivity contribution is 0.00362. The van der Waals surface area contributed by atoms with E-state index in [-0.39, 0.29) is 5.91 Å². The van der Waals surface area contributed by atoms with Gasteiger partial charge in [-0.05, 0) is 50.9 Å². The molecule has 0 aliphatic carbocycles. The van der Waals surface area contributed by atoms with E-state index in [0.29, 0.717) is 18.5 Å². The summed E-state index contributed by atoms with van der Waals surface area (Å²) < 4.78 is 2.03. The van der Waals surface area contributed by atoms with Crippen LogP contribution in [0.2, 0.25) is 0 Å². The van der Waals surface area contributed by atoms with Crippen molar-refractivity contribution in [2.24, 2.45) is 5.92 Å². The molecule has 5 nitrogen and oxygen atoms in total. The zero-order valence-electron chi connectivity index (χ0n) is 13.5. The molecule has 23 heavy (non-hydrogen) atoms. The van der Waals surface area contributed by atoms with Gasteiger partial charge in [0.05, 0.1) is 23.3 Å². The fourth-order valence-electron chi connectivity index (χ4n) is 4.78. The lowest BCUT2D eigenvalue weighted by Gasteiger charge is -2.49. The normalized spacial score (nSPS) is 29.5. The fourth-order valence-corrected chi connectivity index (χ4v) is 4.78. The van der Waals surface area contributed by atoms with Crippen molar-refractivity contribution in [1.29, 1.82) is 0 Å². The Hall–Kier alpha value is -1.88. The second kappa shape index (κ2) is 4.81. The molecule has 2 bridgehead atoms. The van der Waals surface area contributed by atoms with Crippen molar-refractivity contribution in [2.45, 2.75) is 38.9 Å². The Morgan fingerprint density at radius 3 is 2.78 bits per heavy atom. The van der Waals surface area contributed by atoms with Gasteiger partial charge in [-0.25, -0.2) is 0 Å². The molecule has 0 N–H and O–H groups in total. The minimum Gasteiger partial charge on any atom is -0.328 e. The Bertz CT molecular complexity index is 788. The van der Waals surface area contributed by atoms with Crippen LogP contribution in [0, 0.1) is 5.92 Å². The molecule has 4 aliphatic heterocycles. The summed E-state index contributed by atoms with van der Waals surface area (Å²) in [4.78, 5) is 17.8. The third-order valence-electron chi connectivity index (χ3n) is 5.98. The van der Waals surface area contributed by atoms with E-state index in [1.165, 1.54) is 25.9 Å². The first-order valence-corrected chi connectivity index (χ1v) is 8.78. The minimum atomic E-state index is 0.206. The molecule has 120 valence electrons. The van der Waals surface area contributed by atoms with E-state index in [1.807, 2.05) is 16.8 Å². The summed E-state index contributed by atoms with van der Waals surface area (Å²) in [5.74, 6) is 0.871. The predicted molar refractivity (Wildman–Crippen MR) is 88.2 cm³/mol. The summed E-state index contributed by atoms with van der Waals surface area (Å²) >= 11 is 0. The highest BCUT2D eigenvalue weighted by molar-refractivity contribution is 6.09. The smallest absolute Gasteiger partial charge is 0.255 e. The number of carbonyl (C=O) groups is 1. The van der Waals surface area contributed by atoms with Gasteiger partial charge in [-0.15, -0.1) is 0 Å². The third kappa shape index (κ3) is 1.83. The van der Waals surface area contributed by atoms with Crippen LogP contribution >= 0.6 is 0 Å². The van der Waals surface area contributed by atoms with Gasteiger partial charge in [-0.1, -0.05) is 6.07 Å². The number of carbonyl (C=O) groups excluding carboxylic acids is 1. The van der Waals surface area contributed by atoms with Crippen LogP contribution in [0.1, 0.15) is 35.8 Å². The Morgan fingerprint density at radius 2 is 2.09 bits per heavy atom. The van der Waals surface area contributed by atoms with E-state index in [4.69, 9.17) is 5.10 Å². The SMILES string of the molecule is CCn1nc2c3c(cccc31)C(=O)N([C@@H]1CN3CCC1CC3)C2. The van der Waals surface area contributed by atoms with E-state index in [2.05, 4.69) is 22.8 Å². The van der Waals surface area contributed by atoms with Crippen LogP contribution in [0.15, 0.2) is 18.2 Å². The highest BCUT2D eigenvalue weighted by Crippen LogP contribution is 2.36. The van der Waals surface area contributed by atoms with Gasteiger partial charge in [0.25, 0.3) is 5.91 Å². The van der Waals surface area contributed by atoms with Crippen LogP contribution in [-0.4, -0.2) is 51.2 Å². The number of fused-ring (bicyclic) bond motifs is 3. The number of hydrogen-bond acceptors (Lipinski definition) is 3. The van der Waals surface area contributed by atoms with Gasteiger partial charge in [-0.2, -0.15) is 5.10 Å². The van der Waals surface area contributed by atoms with Crippen molar-refractivity contribution >= 4 is 16.8 Å². The summed E-state index contributed by atoms with van der Waals surface area (Å²) in [7, 11) is 0. The summed E-state index contributed by atoms with van der Waals surface area (Å²) in [5, 5.41) is 5.87. The van der Waals surface area contributed by atoms with Gasteiger partial charge < -0.3 is 9.80 Å². The molecule has 5 heteroatoms. The quantitative estimate of drug-likeness (QED) is 0.853. The number of nitrogens with zero attached hydrogens (tertiary/aromatic N) is 4. The predicted octanol–water partition coefficient (Wildman–Crippen LogP) is 2.11. The first kappa shape index (κ1) is 13.5. The molecule has 0 saturated carbocycles. The molecule has 4 aliphatic rings. The topological polar surface area (TPSA) is 41.4 Å². The highest BCUT2D eigenvalue weighted by atomic mass is 16.2. The molecular formula is C18H22N4O. The number of hydrogen-bond donors (Lipinski definition) is 0. The average molecular weight is 310 g/mol. The molecule has 1 aromatic carbocycles. The zero-order valence-corrected chi connectivity index (χ0v) is 13.5. The number of benzene rings is 1. The molecule has 6 rings (SSSR count). The maximum absolute atomic E-state index is 13.1. The number of piperidine rings is 3. The summed E-state index contributed by atoms with van der Waals surface area (Å²) in [6, 6.07) is 6.41. The summed E-state index contributed by atoms with van der Waals surface area (Å²) in [6.45, 7) is 7.06. The van der Waals surface area contributed by atoms with Crippen molar-refractivity contribution in [3.8, 4) is 0 Å². The standard InChI is InChI=1S/C18H22N4O/c1-2-22-15-5-3-4-13-17(15)14(19-22)10-21(18(13)23)16-11-20-8-6-12(16)7-9-20/h3-5,12,16H,2,6-11H2,1H3/t16-/m1/s1. The fraction of sp³-hybridized carbons (Fsp3) is 0.556. The van der Waals surface area contributed by atoms with Gasteiger partial charge in [0.1, 0.15) is 0 Å². The van der Waals surface area contributed by atoms with Crippen LogP contribution in [-0.2, 0) is 13.1 Å². The van der Waals surface area contributed by atoms with Crippen LogP contribution in [0.4, 0.5) is 0 Å². The average Bonchev–Trinajstić information content (AvgIpc) is 2.98. The van der Waals surface area contributed by atoms with Crippen molar-refractivity contribution in [3.05, 3.63) is 29.5 Å². The van der Waals surface area contributed by atoms with Gasteiger partial charge in [0, 0.05) is 24.5 Å². The molecule has 0 radical (unpaired) electrons. The first-order valence-electron chi connectivity index (χ1n) is 8.78. The lowest BCUT2D eigenvalue weighted by Crippen LogP contribution is -2.59. The Morgan fingerprint density at radius 1 is 1.26 bits per heavy atom. The van der Waals surface area contributed by atoms with Crippen molar-refractivity contribution < 1.29 is 4.79 Å². The second-order valence-electron chi connectivity index (χ2n) is 7.10. The maximum atomic E-state index is 13.1. The van der Waals surface area contributed by atoms with Gasteiger partial charge in [-0.3, -0.25) is 9.48 Å². The molecule has 3 saturated heterocycles. The molecule has 1 aromatic heterocycles. The van der Waals surface area contributed by atoms with Crippen LogP contribution < -0.4 is 0 Å². The summed E-state index contributed by atoms with van der Waals surface area (Å²) in [5.41, 5.74) is 3.02. The molecule has 3 fully saturated rings. The molecule has 0 spiro atoms. The number of rotatable bonds is 2. The Kier molecular flexibility index (Phi) is 2.83. The van der Waals surface area contributed by atoms with Crippen molar-refractivity contribution in [3.63, 3.8) is 0 Å². The zero-order chi connectivity index (χ0) is 15.6. The first-order chi connectivity index (χ1) is 11.3. The molecule has 5 heterocycles. The minimum absolute atomic E-state index is 0.206. The monoisotopic (exact) mass is 310 g/mol. The number of amides is 1. The number of aromatic nitrogens is 2. The Balaban J connectivity index is 1.59. The van der Waals surface area contributed by atoms with E-state index < -0.39 is 0 Å². The van der Waals surface area contributed by atoms with Gasteiger partial charge in [0.15, 0.2) is 0 Å².